The summed E-state index contributed by atoms with van der Waals surface area (Å²) in [7, 11) is -3.51. The number of halogens is 1. The van der Waals surface area contributed by atoms with Gasteiger partial charge in [0.05, 0.1) is 20.1 Å². The first kappa shape index (κ1) is 20.3. The number of nitrogens with one attached hydrogen (secondary N) is 1. The van der Waals surface area contributed by atoms with Gasteiger partial charge in [0.2, 0.25) is 10.0 Å². The summed E-state index contributed by atoms with van der Waals surface area (Å²) in [6.07, 6.45) is 2.82. The van der Waals surface area contributed by atoms with Gasteiger partial charge in [-0.05, 0) is 55.7 Å². The number of aryl methyl sites for hydroxylation is 1. The third-order valence-corrected chi connectivity index (χ3v) is 8.33. The van der Waals surface area contributed by atoms with Crippen molar-refractivity contribution < 1.29 is 13.2 Å². The van der Waals surface area contributed by atoms with E-state index in [-0.39, 0.29) is 10.8 Å². The van der Waals surface area contributed by atoms with Gasteiger partial charge in [-0.1, -0.05) is 35.4 Å². The molecule has 0 atom stereocenters. The van der Waals surface area contributed by atoms with Crippen molar-refractivity contribution in [2.75, 3.05) is 18.4 Å². The van der Waals surface area contributed by atoms with Gasteiger partial charge in [-0.25, -0.2) is 13.4 Å². The molecule has 0 radical (unpaired) electrons. The van der Waals surface area contributed by atoms with Crippen molar-refractivity contribution in [3.63, 3.8) is 0 Å². The van der Waals surface area contributed by atoms with E-state index in [1.165, 1.54) is 39.9 Å². The number of piperidine rings is 1. The maximum atomic E-state index is 12.7. The van der Waals surface area contributed by atoms with Crippen LogP contribution in [-0.2, 0) is 10.0 Å². The maximum absolute atomic E-state index is 12.7. The highest BCUT2D eigenvalue weighted by Gasteiger charge is 2.26. The third-order valence-electron chi connectivity index (χ3n) is 4.99. The molecule has 1 amide bonds. The zero-order valence-electron chi connectivity index (χ0n) is 15.8. The van der Waals surface area contributed by atoms with Gasteiger partial charge < -0.3 is 0 Å². The number of fused-ring (bicyclic) bond motifs is 1. The van der Waals surface area contributed by atoms with Gasteiger partial charge in [0, 0.05) is 18.7 Å². The molecule has 1 N–H and O–H groups in total. The van der Waals surface area contributed by atoms with Crippen LogP contribution in [0.3, 0.4) is 0 Å². The van der Waals surface area contributed by atoms with Crippen molar-refractivity contribution in [1.82, 2.24) is 9.29 Å². The summed E-state index contributed by atoms with van der Waals surface area (Å²) >= 11 is 7.53. The van der Waals surface area contributed by atoms with E-state index in [4.69, 9.17) is 11.6 Å². The van der Waals surface area contributed by atoms with Gasteiger partial charge in [0.1, 0.15) is 0 Å². The van der Waals surface area contributed by atoms with E-state index in [2.05, 4.69) is 10.3 Å². The number of anilines is 1. The largest absolute Gasteiger partial charge is 0.298 e. The Bertz CT molecular complexity index is 1130. The zero-order valence-corrected chi connectivity index (χ0v) is 18.2. The molecule has 1 aliphatic heterocycles. The number of carbonyl (C=O) groups is 1. The molecule has 6 nitrogen and oxygen atoms in total. The molecule has 1 saturated heterocycles. The molecular formula is C20H20ClN3O3S2. The molecule has 1 aliphatic rings. The van der Waals surface area contributed by atoms with Crippen LogP contribution < -0.4 is 5.32 Å². The average molecular weight is 450 g/mol. The van der Waals surface area contributed by atoms with Crippen LogP contribution in [-0.4, -0.2) is 36.7 Å². The minimum absolute atomic E-state index is 0.207. The average Bonchev–Trinajstić information content (AvgIpc) is 3.16. The highest BCUT2D eigenvalue weighted by Crippen LogP contribution is 2.34. The van der Waals surface area contributed by atoms with Crippen molar-refractivity contribution >= 4 is 54.2 Å². The van der Waals surface area contributed by atoms with E-state index in [0.29, 0.717) is 28.8 Å². The van der Waals surface area contributed by atoms with Gasteiger partial charge in [-0.15, -0.1) is 0 Å². The molecule has 3 aromatic rings. The van der Waals surface area contributed by atoms with Crippen LogP contribution in [0.1, 0.15) is 35.2 Å². The van der Waals surface area contributed by atoms with Gasteiger partial charge in [-0.2, -0.15) is 4.31 Å². The first-order valence-electron chi connectivity index (χ1n) is 9.33. The summed E-state index contributed by atoms with van der Waals surface area (Å²) in [5.74, 6) is -0.347. The Balaban J connectivity index is 1.53. The lowest BCUT2D eigenvalue weighted by atomic mass is 10.2. The smallest absolute Gasteiger partial charge is 0.257 e. The Kier molecular flexibility index (Phi) is 5.61. The van der Waals surface area contributed by atoms with Crippen molar-refractivity contribution in [2.45, 2.75) is 31.1 Å². The molecule has 0 aliphatic carbocycles. The highest BCUT2D eigenvalue weighted by molar-refractivity contribution is 7.89. The van der Waals surface area contributed by atoms with E-state index in [1.807, 2.05) is 19.1 Å². The van der Waals surface area contributed by atoms with E-state index in [1.54, 1.807) is 0 Å². The Hall–Kier alpha value is -2.00. The monoisotopic (exact) mass is 449 g/mol. The SMILES string of the molecule is Cc1ccc(Cl)c2sc(NC(=O)c3ccc(S(=O)(=O)N4CCCCC4)cc3)nc12. The predicted octanol–water partition coefficient (Wildman–Crippen LogP) is 4.69. The molecule has 0 bridgehead atoms. The van der Waals surface area contributed by atoms with Gasteiger partial charge in [-0.3, -0.25) is 10.1 Å². The number of hydrogen-bond acceptors (Lipinski definition) is 5. The summed E-state index contributed by atoms with van der Waals surface area (Å²) in [6, 6.07) is 9.72. The topological polar surface area (TPSA) is 79.4 Å². The van der Waals surface area contributed by atoms with Gasteiger partial charge in [0.25, 0.3) is 5.91 Å². The number of rotatable bonds is 4. The molecule has 2 aromatic carbocycles. The molecule has 152 valence electrons. The van der Waals surface area contributed by atoms with E-state index >= 15 is 0 Å². The van der Waals surface area contributed by atoms with Gasteiger partial charge in [0.15, 0.2) is 5.13 Å². The molecule has 4 rings (SSSR count). The molecule has 2 heterocycles. The first-order chi connectivity index (χ1) is 13.9. The summed E-state index contributed by atoms with van der Waals surface area (Å²) in [5, 5.41) is 3.82. The second-order valence-electron chi connectivity index (χ2n) is 7.00. The molecule has 9 heteroatoms. The summed E-state index contributed by atoms with van der Waals surface area (Å²) in [5.41, 5.74) is 2.11. The highest BCUT2D eigenvalue weighted by atomic mass is 35.5. The Morgan fingerprint density at radius 1 is 1.10 bits per heavy atom. The Morgan fingerprint density at radius 3 is 2.45 bits per heavy atom. The van der Waals surface area contributed by atoms with Crippen molar-refractivity contribution in [3.8, 4) is 0 Å². The summed E-state index contributed by atoms with van der Waals surface area (Å²) < 4.78 is 27.8. The number of nitrogens with zero attached hydrogens (tertiary/aromatic N) is 2. The first-order valence-corrected chi connectivity index (χ1v) is 12.0. The Morgan fingerprint density at radius 2 is 1.79 bits per heavy atom. The van der Waals surface area contributed by atoms with E-state index < -0.39 is 10.0 Å². The van der Waals surface area contributed by atoms with E-state index in [0.717, 1.165) is 35.0 Å². The second-order valence-corrected chi connectivity index (χ2v) is 10.3. The van der Waals surface area contributed by atoms with Crippen LogP contribution >= 0.6 is 22.9 Å². The molecule has 0 spiro atoms. The van der Waals surface area contributed by atoms with Crippen LogP contribution in [0, 0.1) is 6.92 Å². The number of sulfonamides is 1. The summed E-state index contributed by atoms with van der Waals surface area (Å²) in [6.45, 7) is 3.03. The third kappa shape index (κ3) is 4.02. The summed E-state index contributed by atoms with van der Waals surface area (Å²) in [4.78, 5) is 17.2. The number of carbonyl (C=O) groups excluding carboxylic acids is 1. The maximum Gasteiger partial charge on any atom is 0.257 e. The van der Waals surface area contributed by atoms with Crippen molar-refractivity contribution in [2.24, 2.45) is 0 Å². The lowest BCUT2D eigenvalue weighted by Gasteiger charge is -2.25. The minimum Gasteiger partial charge on any atom is -0.298 e. The fraction of sp³-hybridized carbons (Fsp3) is 0.300. The second kappa shape index (κ2) is 8.02. The molecule has 0 unspecified atom stereocenters. The zero-order chi connectivity index (χ0) is 20.6. The van der Waals surface area contributed by atoms with Crippen molar-refractivity contribution in [1.29, 1.82) is 0 Å². The molecular weight excluding hydrogens is 430 g/mol. The molecule has 1 fully saturated rings. The normalized spacial score (nSPS) is 15.5. The predicted molar refractivity (Wildman–Crippen MR) is 116 cm³/mol. The van der Waals surface area contributed by atoms with Crippen LogP contribution in [0.5, 0.6) is 0 Å². The number of hydrogen-bond donors (Lipinski definition) is 1. The standard InChI is InChI=1S/C20H20ClN3O3S2/c1-13-5-10-16(21)18-17(13)22-20(28-18)23-19(25)14-6-8-15(9-7-14)29(26,27)24-11-3-2-4-12-24/h5-10H,2-4,11-12H2,1H3,(H,22,23,25). The Labute approximate surface area is 178 Å². The number of aromatic nitrogens is 1. The van der Waals surface area contributed by atoms with Crippen LogP contribution in [0.15, 0.2) is 41.3 Å². The van der Waals surface area contributed by atoms with Crippen LogP contribution in [0.4, 0.5) is 5.13 Å². The van der Waals surface area contributed by atoms with Crippen LogP contribution in [0.2, 0.25) is 5.02 Å². The number of thiazole rings is 1. The van der Waals surface area contributed by atoms with Crippen molar-refractivity contribution in [3.05, 3.63) is 52.5 Å². The molecule has 0 saturated carbocycles. The van der Waals surface area contributed by atoms with Crippen LogP contribution in [0.25, 0.3) is 10.2 Å². The fourth-order valence-electron chi connectivity index (χ4n) is 3.36. The number of amides is 1. The van der Waals surface area contributed by atoms with E-state index in [9.17, 15) is 13.2 Å². The lowest BCUT2D eigenvalue weighted by molar-refractivity contribution is 0.102. The minimum atomic E-state index is -3.51. The van der Waals surface area contributed by atoms with Gasteiger partial charge >= 0.3 is 0 Å². The molecule has 29 heavy (non-hydrogen) atoms. The quantitative estimate of drug-likeness (QED) is 0.626. The lowest BCUT2D eigenvalue weighted by Crippen LogP contribution is -2.35. The number of benzene rings is 2. The molecule has 1 aromatic heterocycles. The fourth-order valence-corrected chi connectivity index (χ4v) is 6.09.